The van der Waals surface area contributed by atoms with Crippen molar-refractivity contribution in [2.45, 2.75) is 33.3 Å². The van der Waals surface area contributed by atoms with Crippen molar-refractivity contribution < 1.29 is 18.7 Å². The average molecular weight is 317 g/mol. The van der Waals surface area contributed by atoms with Gasteiger partial charge in [-0.3, -0.25) is 0 Å². The Hall–Kier alpha value is -2.01. The maximum absolute atomic E-state index is 12.4. The van der Waals surface area contributed by atoms with E-state index in [1.165, 1.54) is 0 Å². The van der Waals surface area contributed by atoms with E-state index in [9.17, 15) is 4.79 Å². The number of carbonyl (C=O) groups excluding carboxylic acids is 1. The first kappa shape index (κ1) is 15.9. The largest absolute Gasteiger partial charge is 0.454 e. The molecule has 1 saturated heterocycles. The van der Waals surface area contributed by atoms with Crippen LogP contribution in [0.25, 0.3) is 11.0 Å². The summed E-state index contributed by atoms with van der Waals surface area (Å²) in [5.41, 5.74) is 2.08. The Labute approximate surface area is 136 Å². The minimum atomic E-state index is -0.546. The molecule has 1 aliphatic heterocycles. The number of ether oxygens (including phenoxy) is 2. The van der Waals surface area contributed by atoms with Gasteiger partial charge in [0.2, 0.25) is 5.76 Å². The highest BCUT2D eigenvalue weighted by atomic mass is 16.6. The second-order valence-corrected chi connectivity index (χ2v) is 6.81. The number of furan rings is 1. The standard InChI is InChI=1S/C18H23NO4/c1-12-15-13(19-8-10-21-11-9-19)6-5-7-14(15)22-16(12)17(20)23-18(2,3)4/h5-7H,8-11H2,1-4H3. The number of nitrogens with zero attached hydrogens (tertiary/aromatic N) is 1. The average Bonchev–Trinajstić information content (AvgIpc) is 2.84. The topological polar surface area (TPSA) is 51.9 Å². The Kier molecular flexibility index (Phi) is 4.06. The molecule has 0 atom stereocenters. The summed E-state index contributed by atoms with van der Waals surface area (Å²) < 4.78 is 16.7. The summed E-state index contributed by atoms with van der Waals surface area (Å²) in [6.45, 7) is 10.6. The quantitative estimate of drug-likeness (QED) is 0.793. The number of rotatable bonds is 2. The summed E-state index contributed by atoms with van der Waals surface area (Å²) in [4.78, 5) is 14.7. The van der Waals surface area contributed by atoms with Crippen LogP contribution in [0.2, 0.25) is 0 Å². The van der Waals surface area contributed by atoms with Gasteiger partial charge in [-0.1, -0.05) is 6.07 Å². The van der Waals surface area contributed by atoms with Crippen LogP contribution in [0.1, 0.15) is 36.9 Å². The summed E-state index contributed by atoms with van der Waals surface area (Å²) >= 11 is 0. The van der Waals surface area contributed by atoms with Gasteiger partial charge >= 0.3 is 5.97 Å². The fraction of sp³-hybridized carbons (Fsp3) is 0.500. The number of benzene rings is 1. The molecule has 0 bridgehead atoms. The SMILES string of the molecule is Cc1c(C(=O)OC(C)(C)C)oc2cccc(N3CCOCC3)c12. The van der Waals surface area contributed by atoms with E-state index < -0.39 is 11.6 Å². The van der Waals surface area contributed by atoms with Crippen LogP contribution in [0.5, 0.6) is 0 Å². The van der Waals surface area contributed by atoms with Crippen LogP contribution in [0, 0.1) is 6.92 Å². The predicted octanol–water partition coefficient (Wildman–Crippen LogP) is 3.53. The molecule has 0 amide bonds. The first-order valence-corrected chi connectivity index (χ1v) is 7.95. The second kappa shape index (κ2) is 5.89. The minimum absolute atomic E-state index is 0.288. The van der Waals surface area contributed by atoms with Gasteiger partial charge in [-0.2, -0.15) is 0 Å². The maximum Gasteiger partial charge on any atom is 0.375 e. The van der Waals surface area contributed by atoms with Crippen molar-refractivity contribution in [3.05, 3.63) is 29.5 Å². The van der Waals surface area contributed by atoms with Crippen LogP contribution in [0.4, 0.5) is 5.69 Å². The van der Waals surface area contributed by atoms with E-state index >= 15 is 0 Å². The predicted molar refractivity (Wildman–Crippen MR) is 89.2 cm³/mol. The molecule has 5 nitrogen and oxygen atoms in total. The van der Waals surface area contributed by atoms with Crippen LogP contribution in [0.15, 0.2) is 22.6 Å². The Balaban J connectivity index is 2.03. The third-order valence-electron chi connectivity index (χ3n) is 3.87. The molecule has 2 heterocycles. The molecule has 3 rings (SSSR count). The molecular formula is C18H23NO4. The zero-order chi connectivity index (χ0) is 16.6. The molecule has 0 spiro atoms. The normalized spacial score (nSPS) is 15.9. The van der Waals surface area contributed by atoms with E-state index in [-0.39, 0.29) is 5.76 Å². The van der Waals surface area contributed by atoms with E-state index in [0.717, 1.165) is 29.7 Å². The summed E-state index contributed by atoms with van der Waals surface area (Å²) in [5.74, 6) is -0.130. The lowest BCUT2D eigenvalue weighted by molar-refractivity contribution is 0.00371. The fourth-order valence-electron chi connectivity index (χ4n) is 2.87. The number of carbonyl (C=O) groups is 1. The Morgan fingerprint density at radius 1 is 1.22 bits per heavy atom. The molecular weight excluding hydrogens is 294 g/mol. The number of esters is 1. The summed E-state index contributed by atoms with van der Waals surface area (Å²) in [5, 5.41) is 0.982. The molecule has 0 unspecified atom stereocenters. The van der Waals surface area contributed by atoms with Crippen LogP contribution in [-0.4, -0.2) is 37.9 Å². The van der Waals surface area contributed by atoms with E-state index in [2.05, 4.69) is 11.0 Å². The van der Waals surface area contributed by atoms with Gasteiger partial charge in [0.1, 0.15) is 11.2 Å². The van der Waals surface area contributed by atoms with Crippen molar-refractivity contribution in [2.24, 2.45) is 0 Å². The highest BCUT2D eigenvalue weighted by Crippen LogP contribution is 2.34. The van der Waals surface area contributed by atoms with Crippen molar-refractivity contribution >= 4 is 22.6 Å². The lowest BCUT2D eigenvalue weighted by atomic mass is 10.1. The summed E-state index contributed by atoms with van der Waals surface area (Å²) in [6, 6.07) is 5.91. The Morgan fingerprint density at radius 2 is 1.91 bits per heavy atom. The lowest BCUT2D eigenvalue weighted by Crippen LogP contribution is -2.36. The molecule has 2 aromatic rings. The number of fused-ring (bicyclic) bond motifs is 1. The van der Waals surface area contributed by atoms with Crippen molar-refractivity contribution in [1.29, 1.82) is 0 Å². The van der Waals surface area contributed by atoms with Crippen molar-refractivity contribution in [3.63, 3.8) is 0 Å². The van der Waals surface area contributed by atoms with Crippen LogP contribution in [-0.2, 0) is 9.47 Å². The third-order valence-corrected chi connectivity index (χ3v) is 3.87. The van der Waals surface area contributed by atoms with Gasteiger partial charge in [-0.15, -0.1) is 0 Å². The number of morpholine rings is 1. The highest BCUT2D eigenvalue weighted by Gasteiger charge is 2.26. The first-order chi connectivity index (χ1) is 10.9. The molecule has 1 aromatic carbocycles. The Bertz CT molecular complexity index is 720. The summed E-state index contributed by atoms with van der Waals surface area (Å²) in [7, 11) is 0. The van der Waals surface area contributed by atoms with E-state index in [1.807, 2.05) is 39.8 Å². The van der Waals surface area contributed by atoms with Crippen molar-refractivity contribution in [3.8, 4) is 0 Å². The summed E-state index contributed by atoms with van der Waals surface area (Å²) in [6.07, 6.45) is 0. The molecule has 5 heteroatoms. The van der Waals surface area contributed by atoms with Gasteiger partial charge in [0.25, 0.3) is 0 Å². The van der Waals surface area contributed by atoms with E-state index in [1.54, 1.807) is 0 Å². The first-order valence-electron chi connectivity index (χ1n) is 7.95. The lowest BCUT2D eigenvalue weighted by Gasteiger charge is -2.29. The molecule has 1 fully saturated rings. The van der Waals surface area contributed by atoms with Gasteiger partial charge in [0.15, 0.2) is 0 Å². The molecule has 1 aromatic heterocycles. The van der Waals surface area contributed by atoms with Gasteiger partial charge in [0.05, 0.1) is 13.2 Å². The van der Waals surface area contributed by atoms with Crippen molar-refractivity contribution in [2.75, 3.05) is 31.2 Å². The van der Waals surface area contributed by atoms with Gasteiger partial charge in [0, 0.05) is 29.7 Å². The second-order valence-electron chi connectivity index (χ2n) is 6.81. The van der Waals surface area contributed by atoms with Gasteiger partial charge < -0.3 is 18.8 Å². The smallest absolute Gasteiger partial charge is 0.375 e. The number of hydrogen-bond donors (Lipinski definition) is 0. The number of aryl methyl sites for hydroxylation is 1. The maximum atomic E-state index is 12.4. The zero-order valence-corrected chi connectivity index (χ0v) is 14.1. The number of anilines is 1. The Morgan fingerprint density at radius 3 is 2.57 bits per heavy atom. The van der Waals surface area contributed by atoms with Crippen LogP contribution >= 0.6 is 0 Å². The fourth-order valence-corrected chi connectivity index (χ4v) is 2.87. The molecule has 124 valence electrons. The van der Waals surface area contributed by atoms with E-state index in [0.29, 0.717) is 18.8 Å². The highest BCUT2D eigenvalue weighted by molar-refractivity contribution is 6.01. The van der Waals surface area contributed by atoms with Crippen LogP contribution < -0.4 is 4.90 Å². The minimum Gasteiger partial charge on any atom is -0.454 e. The monoisotopic (exact) mass is 317 g/mol. The molecule has 0 aliphatic carbocycles. The molecule has 23 heavy (non-hydrogen) atoms. The number of hydrogen-bond acceptors (Lipinski definition) is 5. The molecule has 1 aliphatic rings. The molecule has 0 radical (unpaired) electrons. The van der Waals surface area contributed by atoms with E-state index in [4.69, 9.17) is 13.9 Å². The molecule has 0 saturated carbocycles. The van der Waals surface area contributed by atoms with Crippen LogP contribution in [0.3, 0.4) is 0 Å². The third kappa shape index (κ3) is 3.20. The zero-order valence-electron chi connectivity index (χ0n) is 14.1. The molecule has 0 N–H and O–H groups in total. The van der Waals surface area contributed by atoms with Gasteiger partial charge in [-0.25, -0.2) is 4.79 Å². The van der Waals surface area contributed by atoms with Gasteiger partial charge in [-0.05, 0) is 39.8 Å². The van der Waals surface area contributed by atoms with Crippen molar-refractivity contribution in [1.82, 2.24) is 0 Å².